The Morgan fingerprint density at radius 2 is 1.58 bits per heavy atom. The molecule has 0 saturated carbocycles. The molecule has 0 aliphatic heterocycles. The predicted molar refractivity (Wildman–Crippen MR) is 125 cm³/mol. The zero-order valence-corrected chi connectivity index (χ0v) is 19.8. The average molecular weight is 499 g/mol. The van der Waals surface area contributed by atoms with Crippen molar-refractivity contribution in [2.45, 2.75) is 26.4 Å². The summed E-state index contributed by atoms with van der Waals surface area (Å²) in [6.07, 6.45) is 0. The van der Waals surface area contributed by atoms with Crippen LogP contribution in [0.1, 0.15) is 30.9 Å². The highest BCUT2D eigenvalue weighted by Crippen LogP contribution is 2.33. The topological polar surface area (TPSA) is 48.4 Å². The van der Waals surface area contributed by atoms with Crippen molar-refractivity contribution in [3.05, 3.63) is 85.9 Å². The van der Waals surface area contributed by atoms with Crippen molar-refractivity contribution < 1.29 is 14.3 Å². The first kappa shape index (κ1) is 23.7. The highest BCUT2D eigenvalue weighted by atomic mass is 35.5. The first-order chi connectivity index (χ1) is 14.7. The molecule has 1 unspecified atom stereocenters. The number of rotatable bonds is 7. The summed E-state index contributed by atoms with van der Waals surface area (Å²) in [4.78, 5) is 16.7. The van der Waals surface area contributed by atoms with Gasteiger partial charge in [0.05, 0.1) is 10.9 Å². The molecule has 0 aliphatic carbocycles. The number of benzene rings is 2. The SMILES string of the molecule is CC(C)C(C(=O)OCc1ccc(Oc2nc(Cl)c(Cl)cc2Cl)cc1)c1ccc(Cl)cc1. The number of pyridine rings is 1. The molecule has 0 fully saturated rings. The monoisotopic (exact) mass is 497 g/mol. The van der Waals surface area contributed by atoms with Crippen LogP contribution in [0.3, 0.4) is 0 Å². The second-order valence-corrected chi connectivity index (χ2v) is 8.78. The molecule has 1 aromatic heterocycles. The summed E-state index contributed by atoms with van der Waals surface area (Å²) >= 11 is 23.8. The van der Waals surface area contributed by atoms with Crippen LogP contribution < -0.4 is 4.74 Å². The largest absolute Gasteiger partial charge is 0.460 e. The Bertz CT molecular complexity index is 1050. The summed E-state index contributed by atoms with van der Waals surface area (Å²) in [5, 5.41) is 1.22. The van der Waals surface area contributed by atoms with E-state index in [4.69, 9.17) is 55.9 Å². The van der Waals surface area contributed by atoms with Crippen LogP contribution in [0.2, 0.25) is 20.2 Å². The van der Waals surface area contributed by atoms with E-state index in [9.17, 15) is 4.79 Å². The summed E-state index contributed by atoms with van der Waals surface area (Å²) in [7, 11) is 0. The zero-order valence-electron chi connectivity index (χ0n) is 16.7. The minimum atomic E-state index is -0.372. The van der Waals surface area contributed by atoms with Crippen LogP contribution in [0.25, 0.3) is 0 Å². The van der Waals surface area contributed by atoms with Gasteiger partial charge in [-0.1, -0.05) is 84.5 Å². The molecule has 0 spiro atoms. The highest BCUT2D eigenvalue weighted by molar-refractivity contribution is 6.42. The Kier molecular flexibility index (Phi) is 8.06. The molecule has 4 nitrogen and oxygen atoms in total. The summed E-state index contributed by atoms with van der Waals surface area (Å²) in [5.74, 6) is 0.0714. The fourth-order valence-corrected chi connectivity index (χ4v) is 3.63. The molecule has 3 rings (SSSR count). The van der Waals surface area contributed by atoms with Gasteiger partial charge in [-0.2, -0.15) is 4.98 Å². The van der Waals surface area contributed by atoms with E-state index in [2.05, 4.69) is 4.98 Å². The minimum absolute atomic E-state index is 0.0768. The van der Waals surface area contributed by atoms with Gasteiger partial charge in [0, 0.05) is 5.02 Å². The van der Waals surface area contributed by atoms with Crippen molar-refractivity contribution in [3.8, 4) is 11.6 Å². The first-order valence-electron chi connectivity index (χ1n) is 9.45. The van der Waals surface area contributed by atoms with Gasteiger partial charge >= 0.3 is 5.97 Å². The third kappa shape index (κ3) is 6.27. The minimum Gasteiger partial charge on any atom is -0.460 e. The Balaban J connectivity index is 1.63. The van der Waals surface area contributed by atoms with Crippen LogP contribution >= 0.6 is 46.4 Å². The lowest BCUT2D eigenvalue weighted by molar-refractivity contribution is -0.148. The summed E-state index contributed by atoms with van der Waals surface area (Å²) in [6.45, 7) is 4.10. The Morgan fingerprint density at radius 3 is 2.19 bits per heavy atom. The molecule has 0 saturated heterocycles. The van der Waals surface area contributed by atoms with Gasteiger partial charge < -0.3 is 9.47 Å². The molecule has 8 heteroatoms. The van der Waals surface area contributed by atoms with Crippen molar-refractivity contribution in [3.63, 3.8) is 0 Å². The maximum atomic E-state index is 12.7. The smallest absolute Gasteiger partial charge is 0.314 e. The lowest BCUT2D eigenvalue weighted by atomic mass is 9.88. The van der Waals surface area contributed by atoms with Gasteiger partial charge in [-0.15, -0.1) is 0 Å². The maximum absolute atomic E-state index is 12.7. The highest BCUT2D eigenvalue weighted by Gasteiger charge is 2.25. The fraction of sp³-hybridized carbons (Fsp3) is 0.217. The number of hydrogen-bond donors (Lipinski definition) is 0. The Hall–Kier alpha value is -1.98. The third-order valence-corrected chi connectivity index (χ3v) is 5.72. The number of hydrogen-bond acceptors (Lipinski definition) is 4. The van der Waals surface area contributed by atoms with E-state index in [0.29, 0.717) is 10.8 Å². The number of halogens is 4. The molecule has 0 N–H and O–H groups in total. The first-order valence-corrected chi connectivity index (χ1v) is 11.0. The number of esters is 1. The van der Waals surface area contributed by atoms with E-state index in [1.165, 1.54) is 6.07 Å². The third-order valence-electron chi connectivity index (χ3n) is 4.52. The Morgan fingerprint density at radius 1 is 0.935 bits per heavy atom. The lowest BCUT2D eigenvalue weighted by Crippen LogP contribution is -2.20. The van der Waals surface area contributed by atoms with Crippen LogP contribution in [0.15, 0.2) is 54.6 Å². The van der Waals surface area contributed by atoms with Gasteiger partial charge in [0.15, 0.2) is 5.15 Å². The molecule has 162 valence electrons. The molecule has 1 atom stereocenters. The molecule has 3 aromatic rings. The van der Waals surface area contributed by atoms with Gasteiger partial charge in [0.25, 0.3) is 0 Å². The molecule has 1 heterocycles. The maximum Gasteiger partial charge on any atom is 0.314 e. The van der Waals surface area contributed by atoms with Gasteiger partial charge in [-0.3, -0.25) is 4.79 Å². The lowest BCUT2D eigenvalue weighted by Gasteiger charge is -2.20. The number of carbonyl (C=O) groups excluding carboxylic acids is 1. The second-order valence-electron chi connectivity index (χ2n) is 7.17. The van der Waals surface area contributed by atoms with E-state index in [1.54, 1.807) is 36.4 Å². The van der Waals surface area contributed by atoms with Crippen molar-refractivity contribution in [2.75, 3.05) is 0 Å². The molecule has 0 amide bonds. The zero-order chi connectivity index (χ0) is 22.5. The number of nitrogens with zero attached hydrogens (tertiary/aromatic N) is 1. The summed E-state index contributed by atoms with van der Waals surface area (Å²) in [6, 6.07) is 15.7. The van der Waals surface area contributed by atoms with Crippen LogP contribution in [-0.4, -0.2) is 11.0 Å². The Labute approximate surface area is 201 Å². The van der Waals surface area contributed by atoms with E-state index in [-0.39, 0.29) is 45.5 Å². The van der Waals surface area contributed by atoms with Crippen LogP contribution in [0, 0.1) is 5.92 Å². The number of carbonyl (C=O) groups is 1. The summed E-state index contributed by atoms with van der Waals surface area (Å²) < 4.78 is 11.2. The average Bonchev–Trinajstić information content (AvgIpc) is 2.73. The molecule has 31 heavy (non-hydrogen) atoms. The molecule has 0 radical (unpaired) electrons. The van der Waals surface area contributed by atoms with E-state index in [0.717, 1.165) is 11.1 Å². The fourth-order valence-electron chi connectivity index (χ4n) is 2.97. The molecular formula is C23H19Cl4NO3. The normalized spacial score (nSPS) is 12.0. The van der Waals surface area contributed by atoms with Gasteiger partial charge in [-0.05, 0) is 47.4 Å². The van der Waals surface area contributed by atoms with E-state index in [1.807, 2.05) is 26.0 Å². The van der Waals surface area contributed by atoms with Crippen molar-refractivity contribution in [2.24, 2.45) is 5.92 Å². The number of aromatic nitrogens is 1. The van der Waals surface area contributed by atoms with E-state index >= 15 is 0 Å². The molecular weight excluding hydrogens is 480 g/mol. The van der Waals surface area contributed by atoms with E-state index < -0.39 is 0 Å². The second kappa shape index (κ2) is 10.6. The van der Waals surface area contributed by atoms with Gasteiger partial charge in [0.1, 0.15) is 17.4 Å². The van der Waals surface area contributed by atoms with Gasteiger partial charge in [0.2, 0.25) is 5.88 Å². The van der Waals surface area contributed by atoms with Crippen molar-refractivity contribution >= 4 is 52.4 Å². The molecule has 0 bridgehead atoms. The van der Waals surface area contributed by atoms with Crippen molar-refractivity contribution in [1.29, 1.82) is 0 Å². The number of ether oxygens (including phenoxy) is 2. The molecule has 2 aromatic carbocycles. The van der Waals surface area contributed by atoms with Crippen LogP contribution in [-0.2, 0) is 16.1 Å². The van der Waals surface area contributed by atoms with Gasteiger partial charge in [-0.25, -0.2) is 0 Å². The predicted octanol–water partition coefficient (Wildman–Crippen LogP) is 7.97. The standard InChI is InChI=1S/C23H19Cl4NO3/c1-13(2)20(15-5-7-16(24)8-6-15)23(29)30-12-14-3-9-17(10-4-14)31-22-19(26)11-18(25)21(27)28-22/h3-11,13,20H,12H2,1-2H3. The van der Waals surface area contributed by atoms with Crippen LogP contribution in [0.5, 0.6) is 11.6 Å². The molecule has 0 aliphatic rings. The quantitative estimate of drug-likeness (QED) is 0.244. The van der Waals surface area contributed by atoms with Crippen molar-refractivity contribution in [1.82, 2.24) is 4.98 Å². The van der Waals surface area contributed by atoms with Crippen LogP contribution in [0.4, 0.5) is 0 Å². The summed E-state index contributed by atoms with van der Waals surface area (Å²) in [5.41, 5.74) is 1.69.